The summed E-state index contributed by atoms with van der Waals surface area (Å²) in [6.45, 7) is 4.35. The molecule has 1 atom stereocenters. The number of sulfonamides is 1. The molecule has 0 aromatic heterocycles. The van der Waals surface area contributed by atoms with Gasteiger partial charge in [-0.3, -0.25) is 4.79 Å². The number of carbonyl (C=O) groups excluding carboxylic acids is 1. The predicted molar refractivity (Wildman–Crippen MR) is 110 cm³/mol. The second kappa shape index (κ2) is 9.39. The zero-order chi connectivity index (χ0) is 20.9. The molecule has 0 bridgehead atoms. The summed E-state index contributed by atoms with van der Waals surface area (Å²) in [7, 11) is -1.86. The molecule has 1 amide bonds. The highest BCUT2D eigenvalue weighted by molar-refractivity contribution is 7.89. The van der Waals surface area contributed by atoms with Crippen LogP contribution in [0.25, 0.3) is 0 Å². The van der Waals surface area contributed by atoms with E-state index < -0.39 is 10.0 Å². The second-order valence-electron chi connectivity index (χ2n) is 7.16. The van der Waals surface area contributed by atoms with Gasteiger partial charge in [0.25, 0.3) is 5.91 Å². The first-order valence-electron chi connectivity index (χ1n) is 9.72. The van der Waals surface area contributed by atoms with Gasteiger partial charge in [-0.1, -0.05) is 30.3 Å². The fourth-order valence-corrected chi connectivity index (χ4v) is 4.92. The van der Waals surface area contributed by atoms with Gasteiger partial charge in [0.1, 0.15) is 5.75 Å². The third-order valence-corrected chi connectivity index (χ3v) is 7.29. The molecule has 0 saturated carbocycles. The monoisotopic (exact) mass is 418 g/mol. The molecule has 8 heteroatoms. The normalized spacial score (nSPS) is 16.9. The van der Waals surface area contributed by atoms with Crippen molar-refractivity contribution in [3.05, 3.63) is 60.2 Å². The maximum atomic E-state index is 12.7. The maximum Gasteiger partial charge on any atom is 0.278 e. The molecule has 156 valence electrons. The molecule has 0 unspecified atom stereocenters. The number of piperazine rings is 1. The number of nitrogens with one attached hydrogen (secondary N) is 2. The fourth-order valence-electron chi connectivity index (χ4n) is 3.46. The van der Waals surface area contributed by atoms with Crippen LogP contribution in [-0.2, 0) is 21.4 Å². The van der Waals surface area contributed by atoms with Crippen molar-refractivity contribution >= 4 is 15.9 Å². The van der Waals surface area contributed by atoms with E-state index in [4.69, 9.17) is 4.74 Å². The lowest BCUT2D eigenvalue weighted by atomic mass is 10.2. The van der Waals surface area contributed by atoms with E-state index in [2.05, 4.69) is 5.32 Å². The van der Waals surface area contributed by atoms with Crippen molar-refractivity contribution in [1.29, 1.82) is 0 Å². The number of carbonyl (C=O) groups is 1. The topological polar surface area (TPSA) is 80.2 Å². The second-order valence-corrected chi connectivity index (χ2v) is 9.10. The lowest BCUT2D eigenvalue weighted by molar-refractivity contribution is -0.917. The van der Waals surface area contributed by atoms with Gasteiger partial charge in [0.05, 0.1) is 38.2 Å². The zero-order valence-electron chi connectivity index (χ0n) is 16.8. The molecule has 1 fully saturated rings. The minimum atomic E-state index is -3.47. The Labute approximate surface area is 172 Å². The van der Waals surface area contributed by atoms with Crippen LogP contribution in [0.4, 0.5) is 0 Å². The van der Waals surface area contributed by atoms with Crippen LogP contribution in [0.2, 0.25) is 0 Å². The van der Waals surface area contributed by atoms with Gasteiger partial charge in [-0.05, 0) is 36.8 Å². The molecular formula is C21H28N3O4S+. The molecule has 29 heavy (non-hydrogen) atoms. The Bertz CT molecular complexity index is 909. The molecule has 2 aromatic carbocycles. The van der Waals surface area contributed by atoms with Crippen molar-refractivity contribution in [3.8, 4) is 5.75 Å². The summed E-state index contributed by atoms with van der Waals surface area (Å²) in [5.41, 5.74) is 1.00. The fraction of sp³-hybridized carbons (Fsp3) is 0.381. The van der Waals surface area contributed by atoms with Crippen molar-refractivity contribution in [2.45, 2.75) is 24.4 Å². The van der Waals surface area contributed by atoms with Gasteiger partial charge in [0.2, 0.25) is 10.0 Å². The standard InChI is InChI=1S/C21H27N3O4S/c1-17(21(25)22-16-18-8-10-19(28-2)11-9-18)23-12-14-24(15-13-23)29(26,27)20-6-4-3-5-7-20/h3-11,17H,12-16H2,1-2H3,(H,22,25)/p+1/t17-/m0/s1. The van der Waals surface area contributed by atoms with Crippen molar-refractivity contribution in [2.75, 3.05) is 33.3 Å². The highest BCUT2D eigenvalue weighted by atomic mass is 32.2. The van der Waals surface area contributed by atoms with Crippen LogP contribution in [0.15, 0.2) is 59.5 Å². The van der Waals surface area contributed by atoms with Gasteiger partial charge in [-0.25, -0.2) is 8.42 Å². The van der Waals surface area contributed by atoms with Crippen molar-refractivity contribution in [2.24, 2.45) is 0 Å². The molecule has 1 aliphatic heterocycles. The van der Waals surface area contributed by atoms with E-state index in [-0.39, 0.29) is 11.9 Å². The van der Waals surface area contributed by atoms with Gasteiger partial charge in [0.15, 0.2) is 6.04 Å². The molecule has 1 heterocycles. The average Bonchev–Trinajstić information content (AvgIpc) is 2.78. The van der Waals surface area contributed by atoms with Gasteiger partial charge in [0, 0.05) is 6.54 Å². The van der Waals surface area contributed by atoms with E-state index in [1.807, 2.05) is 31.2 Å². The van der Waals surface area contributed by atoms with Crippen molar-refractivity contribution in [3.63, 3.8) is 0 Å². The Kier molecular flexibility index (Phi) is 6.89. The summed E-state index contributed by atoms with van der Waals surface area (Å²) in [5, 5.41) is 2.97. The van der Waals surface area contributed by atoms with E-state index >= 15 is 0 Å². The van der Waals surface area contributed by atoms with E-state index in [0.29, 0.717) is 37.6 Å². The number of rotatable bonds is 7. The minimum Gasteiger partial charge on any atom is -0.497 e. The molecule has 2 N–H and O–H groups in total. The molecule has 7 nitrogen and oxygen atoms in total. The molecule has 0 radical (unpaired) electrons. The van der Waals surface area contributed by atoms with Crippen LogP contribution in [0.3, 0.4) is 0 Å². The highest BCUT2D eigenvalue weighted by Gasteiger charge is 2.34. The zero-order valence-corrected chi connectivity index (χ0v) is 17.6. The van der Waals surface area contributed by atoms with E-state index in [0.717, 1.165) is 16.2 Å². The summed E-state index contributed by atoms with van der Waals surface area (Å²) in [4.78, 5) is 14.0. The molecule has 0 aliphatic carbocycles. The summed E-state index contributed by atoms with van der Waals surface area (Å²) in [6.07, 6.45) is 0. The quantitative estimate of drug-likeness (QED) is 0.677. The Morgan fingerprint density at radius 3 is 2.31 bits per heavy atom. The molecular weight excluding hydrogens is 390 g/mol. The van der Waals surface area contributed by atoms with Gasteiger partial charge in [-0.2, -0.15) is 4.31 Å². The predicted octanol–water partition coefficient (Wildman–Crippen LogP) is 0.289. The van der Waals surface area contributed by atoms with E-state index in [1.54, 1.807) is 37.4 Å². The lowest BCUT2D eigenvalue weighted by Gasteiger charge is -2.34. The molecule has 1 saturated heterocycles. The van der Waals surface area contributed by atoms with Gasteiger partial charge >= 0.3 is 0 Å². The Morgan fingerprint density at radius 2 is 1.72 bits per heavy atom. The summed E-state index contributed by atoms with van der Waals surface area (Å²) in [6, 6.07) is 15.8. The average molecular weight is 419 g/mol. The first-order chi connectivity index (χ1) is 13.9. The van der Waals surface area contributed by atoms with Crippen LogP contribution in [-0.4, -0.2) is 58.0 Å². The first-order valence-corrected chi connectivity index (χ1v) is 11.2. The summed E-state index contributed by atoms with van der Waals surface area (Å²) in [5.74, 6) is 0.747. The molecule has 2 aromatic rings. The molecule has 1 aliphatic rings. The number of benzene rings is 2. The van der Waals surface area contributed by atoms with Crippen molar-refractivity contribution in [1.82, 2.24) is 9.62 Å². The first kappa shape index (κ1) is 21.3. The molecule has 0 spiro atoms. The van der Waals surface area contributed by atoms with Gasteiger partial charge < -0.3 is 15.0 Å². The van der Waals surface area contributed by atoms with E-state index in [1.165, 1.54) is 4.31 Å². The summed E-state index contributed by atoms with van der Waals surface area (Å²) < 4.78 is 32.1. The Balaban J connectivity index is 1.51. The van der Waals surface area contributed by atoms with E-state index in [9.17, 15) is 13.2 Å². The Hall–Kier alpha value is -2.42. The minimum absolute atomic E-state index is 0.0322. The SMILES string of the molecule is COc1ccc(CNC(=O)[C@H](C)[NH+]2CCN(S(=O)(=O)c3ccccc3)CC2)cc1. The van der Waals surface area contributed by atoms with Crippen LogP contribution < -0.4 is 15.0 Å². The Morgan fingerprint density at radius 1 is 1.10 bits per heavy atom. The van der Waals surface area contributed by atoms with Crippen LogP contribution in [0.5, 0.6) is 5.75 Å². The third-order valence-electron chi connectivity index (χ3n) is 5.38. The number of quaternary nitrogens is 1. The number of methoxy groups -OCH3 is 1. The number of hydrogen-bond donors (Lipinski definition) is 2. The van der Waals surface area contributed by atoms with Crippen molar-refractivity contribution < 1.29 is 22.8 Å². The van der Waals surface area contributed by atoms with Gasteiger partial charge in [-0.15, -0.1) is 0 Å². The lowest BCUT2D eigenvalue weighted by Crippen LogP contribution is -3.19. The number of ether oxygens (including phenoxy) is 1. The number of hydrogen-bond acceptors (Lipinski definition) is 4. The van der Waals surface area contributed by atoms with Crippen LogP contribution in [0, 0.1) is 0 Å². The third kappa shape index (κ3) is 5.14. The van der Waals surface area contributed by atoms with Crippen LogP contribution in [0.1, 0.15) is 12.5 Å². The highest BCUT2D eigenvalue weighted by Crippen LogP contribution is 2.15. The smallest absolute Gasteiger partial charge is 0.278 e. The largest absolute Gasteiger partial charge is 0.497 e. The summed E-state index contributed by atoms with van der Waals surface area (Å²) >= 11 is 0. The maximum absolute atomic E-state index is 12.7. The van der Waals surface area contributed by atoms with Crippen LogP contribution >= 0.6 is 0 Å². The molecule has 3 rings (SSSR count). The number of amides is 1. The number of nitrogens with zero attached hydrogens (tertiary/aromatic N) is 1.